The molecule has 0 fully saturated rings. The molecule has 2 N–H and O–H groups in total. The highest BCUT2D eigenvalue weighted by Crippen LogP contribution is 2.10. The second kappa shape index (κ2) is 14.8. The molecule has 6 heteroatoms. The molecule has 5 nitrogen and oxygen atoms in total. The summed E-state index contributed by atoms with van der Waals surface area (Å²) in [5.74, 6) is -0.861. The second-order valence-corrected chi connectivity index (χ2v) is 6.58. The van der Waals surface area contributed by atoms with Crippen LogP contribution in [-0.4, -0.2) is 29.8 Å². The van der Waals surface area contributed by atoms with Gasteiger partial charge in [-0.1, -0.05) is 58.3 Å². The standard InChI is InChI=1S/C12H24O2.C2H6O3S/c1-2-3-4-5-6-7-8-9-10-11-12(13)14;1-2-6(3,4)5/h2-11H2,1H3,(H,13,14);2H2,1H3,(H,3,4,5). The van der Waals surface area contributed by atoms with Crippen molar-refractivity contribution in [2.24, 2.45) is 0 Å². The summed E-state index contributed by atoms with van der Waals surface area (Å²) in [6.07, 6.45) is 11.5. The molecule has 0 spiro atoms. The Morgan fingerprint density at radius 3 is 1.50 bits per heavy atom. The first-order valence-corrected chi connectivity index (χ1v) is 9.11. The number of unbranched alkanes of at least 4 members (excludes halogenated alkanes) is 8. The molecule has 0 aliphatic rings. The van der Waals surface area contributed by atoms with Crippen molar-refractivity contribution in [3.63, 3.8) is 0 Å². The molecule has 0 aromatic rings. The van der Waals surface area contributed by atoms with Crippen LogP contribution >= 0.6 is 0 Å². The molecule has 0 heterocycles. The van der Waals surface area contributed by atoms with Crippen molar-refractivity contribution in [2.45, 2.75) is 78.1 Å². The quantitative estimate of drug-likeness (QED) is 0.446. The smallest absolute Gasteiger partial charge is 0.303 e. The van der Waals surface area contributed by atoms with Gasteiger partial charge in [0.15, 0.2) is 0 Å². The molecule has 0 atom stereocenters. The number of carboxylic acid groups (broad SMARTS) is 1. The summed E-state index contributed by atoms with van der Waals surface area (Å²) in [6.45, 7) is 3.60. The average Bonchev–Trinajstić information content (AvgIpc) is 2.36. The summed E-state index contributed by atoms with van der Waals surface area (Å²) >= 11 is 0. The normalized spacial score (nSPS) is 10.8. The van der Waals surface area contributed by atoms with Crippen molar-refractivity contribution in [3.8, 4) is 0 Å². The maximum absolute atomic E-state index is 10.2. The Labute approximate surface area is 123 Å². The van der Waals surface area contributed by atoms with Gasteiger partial charge in [0.25, 0.3) is 10.1 Å². The molecule has 0 aromatic heterocycles. The van der Waals surface area contributed by atoms with E-state index in [0.29, 0.717) is 6.42 Å². The van der Waals surface area contributed by atoms with Gasteiger partial charge in [-0.15, -0.1) is 0 Å². The van der Waals surface area contributed by atoms with E-state index in [1.54, 1.807) is 0 Å². The number of aliphatic carboxylic acids is 1. The maximum Gasteiger partial charge on any atom is 0.303 e. The molecule has 0 bridgehead atoms. The van der Waals surface area contributed by atoms with Gasteiger partial charge in [-0.05, 0) is 13.3 Å². The van der Waals surface area contributed by atoms with Gasteiger partial charge in [0.1, 0.15) is 0 Å². The Kier molecular flexibility index (Phi) is 16.0. The van der Waals surface area contributed by atoms with Crippen LogP contribution in [0.15, 0.2) is 0 Å². The van der Waals surface area contributed by atoms with E-state index in [-0.39, 0.29) is 5.75 Å². The predicted octanol–water partition coefficient (Wildman–Crippen LogP) is 3.89. The number of carbonyl (C=O) groups is 1. The van der Waals surface area contributed by atoms with Crippen LogP contribution in [0.25, 0.3) is 0 Å². The lowest BCUT2D eigenvalue weighted by atomic mass is 10.1. The maximum atomic E-state index is 10.2. The molecule has 122 valence electrons. The minimum Gasteiger partial charge on any atom is -0.481 e. The van der Waals surface area contributed by atoms with E-state index in [9.17, 15) is 13.2 Å². The van der Waals surface area contributed by atoms with E-state index in [1.165, 1.54) is 51.9 Å². The fourth-order valence-corrected chi connectivity index (χ4v) is 1.59. The zero-order valence-electron chi connectivity index (χ0n) is 12.8. The fraction of sp³-hybridized carbons (Fsp3) is 0.929. The third kappa shape index (κ3) is 26.0. The third-order valence-electron chi connectivity index (χ3n) is 2.86. The topological polar surface area (TPSA) is 91.7 Å². The first-order valence-electron chi connectivity index (χ1n) is 7.50. The molecular weight excluding hydrogens is 280 g/mol. The van der Waals surface area contributed by atoms with Crippen molar-refractivity contribution in [1.82, 2.24) is 0 Å². The van der Waals surface area contributed by atoms with E-state index < -0.39 is 16.1 Å². The van der Waals surface area contributed by atoms with Crippen molar-refractivity contribution in [2.75, 3.05) is 5.75 Å². The first-order chi connectivity index (χ1) is 9.33. The van der Waals surface area contributed by atoms with E-state index in [4.69, 9.17) is 9.66 Å². The third-order valence-corrected chi connectivity index (χ3v) is 3.59. The summed E-state index contributed by atoms with van der Waals surface area (Å²) in [5, 5.41) is 8.41. The highest BCUT2D eigenvalue weighted by molar-refractivity contribution is 7.85. The molecular formula is C14H30O5S. The largest absolute Gasteiger partial charge is 0.481 e. The van der Waals surface area contributed by atoms with Gasteiger partial charge in [0.2, 0.25) is 0 Å². The highest BCUT2D eigenvalue weighted by atomic mass is 32.2. The Morgan fingerprint density at radius 2 is 1.20 bits per heavy atom. The Hall–Kier alpha value is -0.620. The summed E-state index contributed by atoms with van der Waals surface area (Å²) < 4.78 is 26.9. The van der Waals surface area contributed by atoms with Crippen LogP contribution in [0.2, 0.25) is 0 Å². The first kappa shape index (κ1) is 21.7. The van der Waals surface area contributed by atoms with Crippen LogP contribution in [-0.2, 0) is 14.9 Å². The minimum atomic E-state index is -3.66. The lowest BCUT2D eigenvalue weighted by Crippen LogP contribution is -1.97. The molecule has 0 saturated heterocycles. The summed E-state index contributed by atoms with van der Waals surface area (Å²) in [5.41, 5.74) is 0. The molecule has 0 aliphatic carbocycles. The zero-order valence-corrected chi connectivity index (χ0v) is 13.6. The molecule has 0 aliphatic heterocycles. The minimum absolute atomic E-state index is 0.201. The predicted molar refractivity (Wildman–Crippen MR) is 81.6 cm³/mol. The van der Waals surface area contributed by atoms with Crippen LogP contribution < -0.4 is 0 Å². The Balaban J connectivity index is 0. The number of rotatable bonds is 11. The van der Waals surface area contributed by atoms with E-state index in [1.807, 2.05) is 0 Å². The number of carboxylic acids is 1. The van der Waals surface area contributed by atoms with Gasteiger partial charge in [-0.25, -0.2) is 0 Å². The van der Waals surface area contributed by atoms with Crippen LogP contribution in [0.5, 0.6) is 0 Å². The van der Waals surface area contributed by atoms with Gasteiger partial charge >= 0.3 is 5.97 Å². The lowest BCUT2D eigenvalue weighted by molar-refractivity contribution is -0.137. The molecule has 0 amide bonds. The van der Waals surface area contributed by atoms with Crippen molar-refractivity contribution in [3.05, 3.63) is 0 Å². The molecule has 0 rings (SSSR count). The number of hydrogen-bond donors (Lipinski definition) is 2. The molecule has 0 saturated carbocycles. The van der Waals surface area contributed by atoms with E-state index >= 15 is 0 Å². The monoisotopic (exact) mass is 310 g/mol. The van der Waals surface area contributed by atoms with Gasteiger partial charge in [-0.2, -0.15) is 8.42 Å². The Bertz CT molecular complexity index is 312. The molecule has 20 heavy (non-hydrogen) atoms. The zero-order chi connectivity index (χ0) is 15.9. The van der Waals surface area contributed by atoms with Crippen LogP contribution in [0.1, 0.15) is 78.1 Å². The van der Waals surface area contributed by atoms with E-state index in [0.717, 1.165) is 12.8 Å². The van der Waals surface area contributed by atoms with Gasteiger partial charge in [-0.3, -0.25) is 9.35 Å². The van der Waals surface area contributed by atoms with Crippen LogP contribution in [0.3, 0.4) is 0 Å². The Morgan fingerprint density at radius 1 is 0.850 bits per heavy atom. The SMILES string of the molecule is CCCCCCCCCCCC(=O)O.CCS(=O)(=O)O. The van der Waals surface area contributed by atoms with Gasteiger partial charge in [0, 0.05) is 6.42 Å². The molecule has 0 aromatic carbocycles. The number of hydrogen-bond acceptors (Lipinski definition) is 3. The van der Waals surface area contributed by atoms with Crippen molar-refractivity contribution < 1.29 is 22.9 Å². The van der Waals surface area contributed by atoms with Gasteiger partial charge < -0.3 is 5.11 Å². The molecule has 0 unspecified atom stereocenters. The van der Waals surface area contributed by atoms with Gasteiger partial charge in [0.05, 0.1) is 5.75 Å². The average molecular weight is 310 g/mol. The summed E-state index contributed by atoms with van der Waals surface area (Å²) in [6, 6.07) is 0. The van der Waals surface area contributed by atoms with Crippen LogP contribution in [0, 0.1) is 0 Å². The summed E-state index contributed by atoms with van der Waals surface area (Å²) in [4.78, 5) is 10.2. The fourth-order valence-electron chi connectivity index (χ4n) is 1.59. The highest BCUT2D eigenvalue weighted by Gasteiger charge is 1.96. The summed E-state index contributed by atoms with van der Waals surface area (Å²) in [7, 11) is -3.66. The lowest BCUT2D eigenvalue weighted by Gasteiger charge is -2.00. The van der Waals surface area contributed by atoms with Crippen LogP contribution in [0.4, 0.5) is 0 Å². The van der Waals surface area contributed by atoms with Crippen molar-refractivity contribution >= 4 is 16.1 Å². The van der Waals surface area contributed by atoms with E-state index in [2.05, 4.69) is 6.92 Å². The molecule has 0 radical (unpaired) electrons. The second-order valence-electron chi connectivity index (χ2n) is 4.84. The van der Waals surface area contributed by atoms with Crippen molar-refractivity contribution in [1.29, 1.82) is 0 Å².